The van der Waals surface area contributed by atoms with Gasteiger partial charge in [0.2, 0.25) is 0 Å². The summed E-state index contributed by atoms with van der Waals surface area (Å²) in [5, 5.41) is 0. The Kier molecular flexibility index (Phi) is 4.55. The van der Waals surface area contributed by atoms with Gasteiger partial charge < -0.3 is 9.22 Å². The number of quaternary nitrogens is 1. The van der Waals surface area contributed by atoms with Crippen LogP contribution in [0.5, 0.6) is 0 Å². The Hall–Kier alpha value is -2.20. The van der Waals surface area contributed by atoms with E-state index in [-0.39, 0.29) is 6.10 Å². The summed E-state index contributed by atoms with van der Waals surface area (Å²) < 4.78 is 23.1. The molecule has 2 heterocycles. The van der Waals surface area contributed by atoms with E-state index in [9.17, 15) is 4.79 Å². The SMILES string of the molecule is C[N+]1(C)C2CC[C@@H]1CC(OC(=O)C(F)(c1ccccc1)c1ccccc1)C2. The summed E-state index contributed by atoms with van der Waals surface area (Å²) in [4.78, 5) is 13.1. The van der Waals surface area contributed by atoms with E-state index in [4.69, 9.17) is 4.74 Å². The minimum atomic E-state index is -2.29. The summed E-state index contributed by atoms with van der Waals surface area (Å²) in [5.74, 6) is -0.795. The van der Waals surface area contributed by atoms with Gasteiger partial charge in [-0.05, 0) is 0 Å². The van der Waals surface area contributed by atoms with Crippen molar-refractivity contribution in [1.82, 2.24) is 0 Å². The normalized spacial score (nSPS) is 26.6. The molecule has 0 aliphatic carbocycles. The Labute approximate surface area is 160 Å². The smallest absolute Gasteiger partial charge is 0.353 e. The number of alkyl halides is 1. The van der Waals surface area contributed by atoms with Gasteiger partial charge in [0.15, 0.2) is 0 Å². The molecule has 2 aliphatic rings. The van der Waals surface area contributed by atoms with Crippen molar-refractivity contribution in [3.8, 4) is 0 Å². The average molecular weight is 368 g/mol. The molecule has 2 aliphatic heterocycles. The topological polar surface area (TPSA) is 26.3 Å². The standard InChI is InChI=1S/C23H27FNO2/c1-25(2)19-13-14-20(25)16-21(15-19)27-22(26)23(24,17-9-5-3-6-10-17)18-11-7-4-8-12-18/h3-12,19-21H,13-16H2,1-2H3/q+1/t19-,20?,21?/m1/s1. The zero-order chi connectivity index (χ0) is 19.1. The largest absolute Gasteiger partial charge is 0.459 e. The molecule has 27 heavy (non-hydrogen) atoms. The number of piperidine rings is 1. The van der Waals surface area contributed by atoms with Crippen LogP contribution < -0.4 is 0 Å². The molecule has 4 rings (SSSR count). The first-order chi connectivity index (χ1) is 12.9. The highest BCUT2D eigenvalue weighted by Gasteiger charge is 2.52. The van der Waals surface area contributed by atoms with Gasteiger partial charge in [-0.1, -0.05) is 60.7 Å². The lowest BCUT2D eigenvalue weighted by atomic mass is 9.88. The number of esters is 1. The molecule has 4 heteroatoms. The zero-order valence-corrected chi connectivity index (χ0v) is 16.0. The summed E-state index contributed by atoms with van der Waals surface area (Å²) in [6, 6.07) is 18.2. The fraction of sp³-hybridized carbons (Fsp3) is 0.435. The van der Waals surface area contributed by atoms with Crippen molar-refractivity contribution in [3.63, 3.8) is 0 Å². The van der Waals surface area contributed by atoms with E-state index in [0.29, 0.717) is 23.2 Å². The Morgan fingerprint density at radius 2 is 1.37 bits per heavy atom. The molecule has 2 bridgehead atoms. The molecule has 3 atom stereocenters. The molecule has 142 valence electrons. The quantitative estimate of drug-likeness (QED) is 0.597. The van der Waals surface area contributed by atoms with Crippen LogP contribution >= 0.6 is 0 Å². The molecule has 3 nitrogen and oxygen atoms in total. The second kappa shape index (κ2) is 6.75. The summed E-state index contributed by atoms with van der Waals surface area (Å²) in [6.07, 6.45) is 3.74. The Morgan fingerprint density at radius 3 is 1.81 bits per heavy atom. The molecule has 2 saturated heterocycles. The van der Waals surface area contributed by atoms with Crippen LogP contribution in [0.2, 0.25) is 0 Å². The number of fused-ring (bicyclic) bond motifs is 2. The molecule has 2 aromatic carbocycles. The first-order valence-electron chi connectivity index (χ1n) is 9.76. The number of hydrogen-bond acceptors (Lipinski definition) is 2. The number of rotatable bonds is 4. The van der Waals surface area contributed by atoms with Gasteiger partial charge in [-0.2, -0.15) is 0 Å². The van der Waals surface area contributed by atoms with Crippen molar-refractivity contribution < 1.29 is 18.4 Å². The minimum absolute atomic E-state index is 0.205. The third kappa shape index (κ3) is 3.06. The molecular formula is C23H27FNO2+. The van der Waals surface area contributed by atoms with E-state index in [1.165, 1.54) is 0 Å². The van der Waals surface area contributed by atoms with Gasteiger partial charge in [0.1, 0.15) is 6.10 Å². The van der Waals surface area contributed by atoms with E-state index in [1.807, 2.05) is 12.1 Å². The van der Waals surface area contributed by atoms with Crippen molar-refractivity contribution in [2.45, 2.75) is 49.5 Å². The third-order valence-electron chi connectivity index (χ3n) is 6.68. The first-order valence-corrected chi connectivity index (χ1v) is 9.76. The van der Waals surface area contributed by atoms with Gasteiger partial charge in [0.05, 0.1) is 26.2 Å². The highest BCUT2D eigenvalue weighted by Crippen LogP contribution is 2.42. The van der Waals surface area contributed by atoms with E-state index in [1.54, 1.807) is 48.5 Å². The molecule has 0 N–H and O–H groups in total. The Bertz CT molecular complexity index is 750. The third-order valence-corrected chi connectivity index (χ3v) is 6.68. The maximum Gasteiger partial charge on any atom is 0.353 e. The molecule has 0 amide bonds. The van der Waals surface area contributed by atoms with Gasteiger partial charge in [-0.15, -0.1) is 0 Å². The average Bonchev–Trinajstić information content (AvgIpc) is 2.86. The van der Waals surface area contributed by atoms with Crippen LogP contribution in [0.4, 0.5) is 4.39 Å². The molecule has 2 aromatic rings. The number of ether oxygens (including phenoxy) is 1. The summed E-state index contributed by atoms with van der Waals surface area (Å²) in [7, 11) is 4.52. The highest BCUT2D eigenvalue weighted by atomic mass is 19.1. The molecule has 2 unspecified atom stereocenters. The first kappa shape index (κ1) is 18.2. The van der Waals surface area contributed by atoms with Crippen molar-refractivity contribution in [1.29, 1.82) is 0 Å². The number of benzene rings is 2. The predicted octanol–water partition coefficient (Wildman–Crippen LogP) is 4.21. The summed E-state index contributed by atoms with van der Waals surface area (Å²) in [6.45, 7) is 0. The number of hydrogen-bond donors (Lipinski definition) is 0. The van der Waals surface area contributed by atoms with Gasteiger partial charge in [0.25, 0.3) is 5.67 Å². The number of halogens is 1. The maximum atomic E-state index is 16.3. The fourth-order valence-corrected chi connectivity index (χ4v) is 4.90. The van der Waals surface area contributed by atoms with Gasteiger partial charge >= 0.3 is 5.97 Å². The highest BCUT2D eigenvalue weighted by molar-refractivity contribution is 5.85. The minimum Gasteiger partial charge on any atom is -0.459 e. The number of nitrogens with zero attached hydrogens (tertiary/aromatic N) is 1. The fourth-order valence-electron chi connectivity index (χ4n) is 4.90. The van der Waals surface area contributed by atoms with E-state index < -0.39 is 11.6 Å². The molecule has 0 aromatic heterocycles. The summed E-state index contributed by atoms with van der Waals surface area (Å²) >= 11 is 0. The van der Waals surface area contributed by atoms with Gasteiger partial charge in [-0.25, -0.2) is 9.18 Å². The van der Waals surface area contributed by atoms with E-state index in [2.05, 4.69) is 14.1 Å². The van der Waals surface area contributed by atoms with Crippen LogP contribution in [0.25, 0.3) is 0 Å². The van der Waals surface area contributed by atoms with Crippen LogP contribution in [0, 0.1) is 0 Å². The maximum absolute atomic E-state index is 16.3. The Balaban J connectivity index is 1.61. The van der Waals surface area contributed by atoms with Gasteiger partial charge in [-0.3, -0.25) is 0 Å². The van der Waals surface area contributed by atoms with Crippen molar-refractivity contribution in [2.24, 2.45) is 0 Å². The van der Waals surface area contributed by atoms with Crippen molar-refractivity contribution >= 4 is 5.97 Å². The second-order valence-electron chi connectivity index (χ2n) is 8.40. The summed E-state index contributed by atoms with van der Waals surface area (Å²) in [5.41, 5.74) is -1.66. The second-order valence-corrected chi connectivity index (χ2v) is 8.40. The zero-order valence-electron chi connectivity index (χ0n) is 16.0. The predicted molar refractivity (Wildman–Crippen MR) is 103 cm³/mol. The lowest BCUT2D eigenvalue weighted by molar-refractivity contribution is -0.931. The van der Waals surface area contributed by atoms with Crippen molar-refractivity contribution in [2.75, 3.05) is 14.1 Å². The molecule has 2 fully saturated rings. The van der Waals surface area contributed by atoms with Crippen LogP contribution in [0.1, 0.15) is 36.8 Å². The van der Waals surface area contributed by atoms with Crippen LogP contribution in [0.3, 0.4) is 0 Å². The molecule has 0 radical (unpaired) electrons. The molecule has 0 spiro atoms. The number of carbonyl (C=O) groups is 1. The van der Waals surface area contributed by atoms with Crippen LogP contribution in [0.15, 0.2) is 60.7 Å². The lowest BCUT2D eigenvalue weighted by Crippen LogP contribution is -2.56. The molecule has 0 saturated carbocycles. The van der Waals surface area contributed by atoms with Gasteiger partial charge in [0, 0.05) is 36.8 Å². The molecular weight excluding hydrogens is 341 g/mol. The number of carbonyl (C=O) groups excluding carboxylic acids is 1. The van der Waals surface area contributed by atoms with E-state index >= 15 is 4.39 Å². The van der Waals surface area contributed by atoms with Crippen molar-refractivity contribution in [3.05, 3.63) is 71.8 Å². The monoisotopic (exact) mass is 368 g/mol. The van der Waals surface area contributed by atoms with Crippen LogP contribution in [-0.2, 0) is 15.2 Å². The van der Waals surface area contributed by atoms with Crippen LogP contribution in [-0.4, -0.2) is 42.7 Å². The Morgan fingerprint density at radius 1 is 0.926 bits per heavy atom. The van der Waals surface area contributed by atoms with E-state index in [0.717, 1.165) is 30.2 Å². The lowest BCUT2D eigenvalue weighted by Gasteiger charge is -2.44.